The first-order valence-electron chi connectivity index (χ1n) is 3.71. The van der Waals surface area contributed by atoms with E-state index in [1.807, 2.05) is 6.92 Å². The highest BCUT2D eigenvalue weighted by Crippen LogP contribution is 2.24. The van der Waals surface area contributed by atoms with Crippen molar-refractivity contribution in [3.8, 4) is 0 Å². The average molecular weight is 158 g/mol. The molecular weight excluding hydrogens is 144 g/mol. The zero-order chi connectivity index (χ0) is 8.43. The number of aliphatic hydroxyl groups is 1. The molecule has 0 aromatic carbocycles. The maximum Gasteiger partial charge on any atom is 0.140 e. The molecule has 3 nitrogen and oxygen atoms in total. The molecule has 0 aliphatic carbocycles. The summed E-state index contributed by atoms with van der Waals surface area (Å²) in [5, 5.41) is 9.40. The summed E-state index contributed by atoms with van der Waals surface area (Å²) in [5.41, 5.74) is 0. The van der Waals surface area contributed by atoms with E-state index in [0.717, 1.165) is 0 Å². The maximum absolute atomic E-state index is 9.40. The van der Waals surface area contributed by atoms with Crippen LogP contribution in [0.25, 0.3) is 0 Å². The molecule has 0 radical (unpaired) electrons. The molecule has 64 valence electrons. The minimum absolute atomic E-state index is 0.0990. The Balaban J connectivity index is 2.52. The first-order chi connectivity index (χ1) is 5.15. The van der Waals surface area contributed by atoms with Gasteiger partial charge in [-0.25, -0.2) is 0 Å². The van der Waals surface area contributed by atoms with Crippen LogP contribution in [0, 0.1) is 0 Å². The van der Waals surface area contributed by atoms with Crippen molar-refractivity contribution >= 4 is 0 Å². The molecule has 0 bridgehead atoms. The first-order valence-corrected chi connectivity index (χ1v) is 3.71. The van der Waals surface area contributed by atoms with Gasteiger partial charge < -0.3 is 14.6 Å². The molecule has 1 aliphatic heterocycles. The number of rotatable bonds is 2. The van der Waals surface area contributed by atoms with Crippen LogP contribution in [0.2, 0.25) is 0 Å². The van der Waals surface area contributed by atoms with Crippen LogP contribution in [0.5, 0.6) is 0 Å². The van der Waals surface area contributed by atoms with Gasteiger partial charge in [0.2, 0.25) is 0 Å². The molecule has 1 heterocycles. The Kier molecular flexibility index (Phi) is 2.52. The Hall–Kier alpha value is -0.540. The summed E-state index contributed by atoms with van der Waals surface area (Å²) in [6, 6.07) is 0. The molecule has 0 spiro atoms. The Bertz CT molecular complexity index is 155. The number of hydrogen-bond donors (Lipinski definition) is 1. The summed E-state index contributed by atoms with van der Waals surface area (Å²) in [4.78, 5) is 0. The smallest absolute Gasteiger partial charge is 0.140 e. The van der Waals surface area contributed by atoms with E-state index in [0.29, 0.717) is 12.2 Å². The van der Waals surface area contributed by atoms with Gasteiger partial charge in [-0.1, -0.05) is 6.58 Å². The summed E-state index contributed by atoms with van der Waals surface area (Å²) < 4.78 is 10.2. The fraction of sp³-hybridized carbons (Fsp3) is 0.750. The van der Waals surface area contributed by atoms with Crippen molar-refractivity contribution in [3.63, 3.8) is 0 Å². The Morgan fingerprint density at radius 2 is 2.36 bits per heavy atom. The summed E-state index contributed by atoms with van der Waals surface area (Å²) in [5.74, 6) is 0.502. The molecule has 0 aromatic heterocycles. The van der Waals surface area contributed by atoms with Gasteiger partial charge in [0, 0.05) is 6.42 Å². The quantitative estimate of drug-likeness (QED) is 0.601. The fourth-order valence-corrected chi connectivity index (χ4v) is 1.27. The second-order valence-corrected chi connectivity index (χ2v) is 2.84. The Morgan fingerprint density at radius 3 is 2.73 bits per heavy atom. The molecule has 3 atom stereocenters. The van der Waals surface area contributed by atoms with Crippen LogP contribution in [0.3, 0.4) is 0 Å². The average Bonchev–Trinajstić information content (AvgIpc) is 2.28. The van der Waals surface area contributed by atoms with Gasteiger partial charge in [-0.2, -0.15) is 0 Å². The van der Waals surface area contributed by atoms with Gasteiger partial charge in [-0.05, 0) is 6.92 Å². The topological polar surface area (TPSA) is 38.7 Å². The molecule has 11 heavy (non-hydrogen) atoms. The van der Waals surface area contributed by atoms with Crippen LogP contribution in [0.1, 0.15) is 13.3 Å². The zero-order valence-corrected chi connectivity index (χ0v) is 6.91. The van der Waals surface area contributed by atoms with E-state index in [9.17, 15) is 5.11 Å². The van der Waals surface area contributed by atoms with E-state index in [1.54, 1.807) is 0 Å². The van der Waals surface area contributed by atoms with Crippen LogP contribution >= 0.6 is 0 Å². The lowest BCUT2D eigenvalue weighted by molar-refractivity contribution is 0.00832. The van der Waals surface area contributed by atoms with Crippen LogP contribution < -0.4 is 0 Å². The van der Waals surface area contributed by atoms with Gasteiger partial charge in [0.25, 0.3) is 0 Å². The van der Waals surface area contributed by atoms with Gasteiger partial charge in [0.1, 0.15) is 11.9 Å². The largest absolute Gasteiger partial charge is 0.499 e. The molecule has 0 saturated carbocycles. The predicted octanol–water partition coefficient (Wildman–Crippen LogP) is 0.685. The number of methoxy groups -OCH3 is 1. The molecule has 1 N–H and O–H groups in total. The third-order valence-electron chi connectivity index (χ3n) is 1.88. The minimum atomic E-state index is -0.461. The van der Waals surface area contributed by atoms with Crippen molar-refractivity contribution in [1.82, 2.24) is 0 Å². The lowest BCUT2D eigenvalue weighted by Crippen LogP contribution is -2.23. The minimum Gasteiger partial charge on any atom is -0.499 e. The van der Waals surface area contributed by atoms with Crippen molar-refractivity contribution in [2.75, 3.05) is 7.11 Å². The van der Waals surface area contributed by atoms with E-state index in [2.05, 4.69) is 6.58 Å². The summed E-state index contributed by atoms with van der Waals surface area (Å²) in [6.07, 6.45) is -0.0399. The van der Waals surface area contributed by atoms with Gasteiger partial charge in [-0.3, -0.25) is 0 Å². The van der Waals surface area contributed by atoms with Crippen LogP contribution in [0.4, 0.5) is 0 Å². The third-order valence-corrected chi connectivity index (χ3v) is 1.88. The van der Waals surface area contributed by atoms with Crippen LogP contribution in [-0.4, -0.2) is 30.5 Å². The van der Waals surface area contributed by atoms with E-state index >= 15 is 0 Å². The van der Waals surface area contributed by atoms with Gasteiger partial charge >= 0.3 is 0 Å². The normalized spacial score (nSPS) is 37.2. The molecule has 0 aromatic rings. The lowest BCUT2D eigenvalue weighted by atomic mass is 10.1. The van der Waals surface area contributed by atoms with Crippen molar-refractivity contribution in [1.29, 1.82) is 0 Å². The SMILES string of the molecule is C=C(OC)[C@H]1O[C@@H](C)CC1O. The lowest BCUT2D eigenvalue weighted by Gasteiger charge is -2.15. The molecule has 1 fully saturated rings. The summed E-state index contributed by atoms with van der Waals surface area (Å²) >= 11 is 0. The standard InChI is InChI=1S/C8H14O3/c1-5-4-7(9)8(11-5)6(2)10-3/h5,7-9H,2,4H2,1,3H3/t5-,7?,8+/m0/s1. The second-order valence-electron chi connectivity index (χ2n) is 2.84. The molecular formula is C8H14O3. The van der Waals surface area contributed by atoms with E-state index in [-0.39, 0.29) is 12.2 Å². The highest BCUT2D eigenvalue weighted by Gasteiger charge is 2.33. The molecule has 1 unspecified atom stereocenters. The zero-order valence-electron chi connectivity index (χ0n) is 6.91. The van der Waals surface area contributed by atoms with Crippen LogP contribution in [-0.2, 0) is 9.47 Å². The molecule has 3 heteroatoms. The second kappa shape index (κ2) is 3.24. The third kappa shape index (κ3) is 1.73. The summed E-state index contributed by atoms with van der Waals surface area (Å²) in [7, 11) is 1.53. The van der Waals surface area contributed by atoms with E-state index in [1.165, 1.54) is 7.11 Å². The van der Waals surface area contributed by atoms with Gasteiger partial charge in [0.15, 0.2) is 0 Å². The van der Waals surface area contributed by atoms with Gasteiger partial charge in [0.05, 0.1) is 19.3 Å². The predicted molar refractivity (Wildman–Crippen MR) is 41.1 cm³/mol. The number of ether oxygens (including phenoxy) is 2. The highest BCUT2D eigenvalue weighted by atomic mass is 16.6. The Morgan fingerprint density at radius 1 is 1.73 bits per heavy atom. The van der Waals surface area contributed by atoms with E-state index in [4.69, 9.17) is 9.47 Å². The first kappa shape index (κ1) is 8.56. The van der Waals surface area contributed by atoms with Crippen molar-refractivity contribution in [2.24, 2.45) is 0 Å². The van der Waals surface area contributed by atoms with Crippen LogP contribution in [0.15, 0.2) is 12.3 Å². The van der Waals surface area contributed by atoms with Gasteiger partial charge in [-0.15, -0.1) is 0 Å². The fourth-order valence-electron chi connectivity index (χ4n) is 1.27. The molecule has 0 amide bonds. The monoisotopic (exact) mass is 158 g/mol. The Labute approximate surface area is 66.6 Å². The number of hydrogen-bond acceptors (Lipinski definition) is 3. The molecule has 1 rings (SSSR count). The number of aliphatic hydroxyl groups excluding tert-OH is 1. The maximum atomic E-state index is 9.40. The highest BCUT2D eigenvalue weighted by molar-refractivity contribution is 5.00. The van der Waals surface area contributed by atoms with Crippen molar-refractivity contribution in [3.05, 3.63) is 12.3 Å². The molecule has 1 saturated heterocycles. The van der Waals surface area contributed by atoms with E-state index < -0.39 is 6.10 Å². The van der Waals surface area contributed by atoms with Crippen molar-refractivity contribution in [2.45, 2.75) is 31.7 Å². The summed E-state index contributed by atoms with van der Waals surface area (Å²) in [6.45, 7) is 5.56. The van der Waals surface area contributed by atoms with Crippen molar-refractivity contribution < 1.29 is 14.6 Å². The molecule has 1 aliphatic rings.